The Morgan fingerprint density at radius 2 is 2.15 bits per heavy atom. The zero-order valence-electron chi connectivity index (χ0n) is 19.0. The number of carbonyl (C=O) groups excluding carboxylic acids is 1. The van der Waals surface area contributed by atoms with Gasteiger partial charge in [0.05, 0.1) is 17.5 Å². The summed E-state index contributed by atoms with van der Waals surface area (Å²) in [5.41, 5.74) is 2.38. The molecule has 1 aliphatic heterocycles. The van der Waals surface area contributed by atoms with Gasteiger partial charge in [0.2, 0.25) is 5.91 Å². The fourth-order valence-corrected chi connectivity index (χ4v) is 4.91. The third kappa shape index (κ3) is 6.00. The van der Waals surface area contributed by atoms with Crippen LogP contribution in [0.2, 0.25) is 0 Å². The molecule has 176 valence electrons. The van der Waals surface area contributed by atoms with E-state index in [4.69, 9.17) is 4.74 Å². The van der Waals surface area contributed by atoms with E-state index < -0.39 is 0 Å². The average Bonchev–Trinajstić information content (AvgIpc) is 3.52. The van der Waals surface area contributed by atoms with Gasteiger partial charge in [0.1, 0.15) is 11.6 Å². The molecule has 0 unspecified atom stereocenters. The molecular weight excluding hydrogens is 443 g/mol. The summed E-state index contributed by atoms with van der Waals surface area (Å²) < 4.78 is 23.9. The fraction of sp³-hybridized carbons (Fsp3) is 0.478. The van der Waals surface area contributed by atoms with E-state index in [1.165, 1.54) is 17.8 Å². The number of halogens is 1. The molecule has 1 N–H and O–H groups in total. The standard InChI is InChI=1S/C23H29FN6O2S/c1-16-14-17(2)29(28-16)12-10-22(31)25-11-9-21-26-27-23(33-15-18-6-5-13-32-18)30(21)20-8-4-3-7-19(20)24/h3-4,7-8,14,18H,5-6,9-13,15H2,1-2H3,(H,25,31)/t18-/m0/s1. The predicted octanol–water partition coefficient (Wildman–Crippen LogP) is 3.24. The van der Waals surface area contributed by atoms with Gasteiger partial charge in [-0.05, 0) is 44.9 Å². The van der Waals surface area contributed by atoms with Gasteiger partial charge in [0.25, 0.3) is 0 Å². The van der Waals surface area contributed by atoms with Crippen molar-refractivity contribution in [3.8, 4) is 5.69 Å². The molecule has 2 aromatic heterocycles. The van der Waals surface area contributed by atoms with Crippen LogP contribution in [0, 0.1) is 19.7 Å². The molecule has 10 heteroatoms. The van der Waals surface area contributed by atoms with Gasteiger partial charge in [-0.3, -0.25) is 14.0 Å². The highest BCUT2D eigenvalue weighted by Gasteiger charge is 2.21. The van der Waals surface area contributed by atoms with Crippen molar-refractivity contribution < 1.29 is 13.9 Å². The molecule has 3 heterocycles. The first kappa shape index (κ1) is 23.4. The summed E-state index contributed by atoms with van der Waals surface area (Å²) in [7, 11) is 0. The number of ether oxygens (including phenoxy) is 1. The number of carbonyl (C=O) groups is 1. The molecular formula is C23H29FN6O2S. The van der Waals surface area contributed by atoms with E-state index >= 15 is 0 Å². The number of thioether (sulfide) groups is 1. The lowest BCUT2D eigenvalue weighted by molar-refractivity contribution is -0.121. The Bertz CT molecular complexity index is 1090. The second-order valence-electron chi connectivity index (χ2n) is 8.13. The Labute approximate surface area is 196 Å². The zero-order chi connectivity index (χ0) is 23.2. The summed E-state index contributed by atoms with van der Waals surface area (Å²) in [5, 5.41) is 16.5. The van der Waals surface area contributed by atoms with E-state index in [9.17, 15) is 9.18 Å². The van der Waals surface area contributed by atoms with Crippen molar-refractivity contribution in [2.24, 2.45) is 0 Å². The minimum atomic E-state index is -0.341. The zero-order valence-corrected chi connectivity index (χ0v) is 19.8. The first-order chi connectivity index (χ1) is 16.0. The summed E-state index contributed by atoms with van der Waals surface area (Å²) >= 11 is 1.52. The van der Waals surface area contributed by atoms with Crippen LogP contribution in [0.15, 0.2) is 35.5 Å². The Morgan fingerprint density at radius 3 is 2.88 bits per heavy atom. The first-order valence-electron chi connectivity index (χ1n) is 11.2. The minimum absolute atomic E-state index is 0.0625. The maximum absolute atomic E-state index is 14.6. The number of benzene rings is 1. The molecule has 1 amide bonds. The monoisotopic (exact) mass is 472 g/mol. The predicted molar refractivity (Wildman–Crippen MR) is 124 cm³/mol. The van der Waals surface area contributed by atoms with Crippen molar-refractivity contribution in [3.05, 3.63) is 53.4 Å². The van der Waals surface area contributed by atoms with Gasteiger partial charge in [-0.2, -0.15) is 5.10 Å². The molecule has 1 aliphatic rings. The molecule has 8 nitrogen and oxygen atoms in total. The SMILES string of the molecule is Cc1cc(C)n(CCC(=O)NCCc2nnc(SC[C@@H]3CCCO3)n2-c2ccccc2F)n1. The van der Waals surface area contributed by atoms with E-state index in [1.54, 1.807) is 22.8 Å². The second-order valence-corrected chi connectivity index (χ2v) is 9.12. The molecule has 0 bridgehead atoms. The lowest BCUT2D eigenvalue weighted by atomic mass is 10.3. The number of hydrogen-bond acceptors (Lipinski definition) is 6. The molecule has 0 saturated carbocycles. The molecule has 1 saturated heterocycles. The van der Waals surface area contributed by atoms with Crippen LogP contribution in [0.25, 0.3) is 5.69 Å². The number of hydrogen-bond donors (Lipinski definition) is 1. The maximum Gasteiger partial charge on any atom is 0.221 e. The van der Waals surface area contributed by atoms with Crippen molar-refractivity contribution in [1.29, 1.82) is 0 Å². The van der Waals surface area contributed by atoms with Crippen LogP contribution in [-0.2, 0) is 22.5 Å². The van der Waals surface area contributed by atoms with E-state index in [1.807, 2.05) is 24.6 Å². The Morgan fingerprint density at radius 1 is 1.30 bits per heavy atom. The van der Waals surface area contributed by atoms with E-state index in [-0.39, 0.29) is 17.8 Å². The van der Waals surface area contributed by atoms with Crippen molar-refractivity contribution in [1.82, 2.24) is 29.9 Å². The van der Waals surface area contributed by atoms with Gasteiger partial charge in [0, 0.05) is 44.0 Å². The summed E-state index contributed by atoms with van der Waals surface area (Å²) in [6.45, 7) is 5.61. The summed E-state index contributed by atoms with van der Waals surface area (Å²) in [5.74, 6) is 0.947. The van der Waals surface area contributed by atoms with Gasteiger partial charge in [-0.15, -0.1) is 10.2 Å². The number of amides is 1. The van der Waals surface area contributed by atoms with E-state index in [2.05, 4.69) is 20.6 Å². The van der Waals surface area contributed by atoms with Crippen LogP contribution < -0.4 is 5.32 Å². The van der Waals surface area contributed by atoms with Crippen LogP contribution in [0.3, 0.4) is 0 Å². The second kappa shape index (κ2) is 10.9. The minimum Gasteiger partial charge on any atom is -0.377 e. The summed E-state index contributed by atoms with van der Waals surface area (Å²) in [6.07, 6.45) is 3.05. The van der Waals surface area contributed by atoms with Crippen LogP contribution in [0.5, 0.6) is 0 Å². The van der Waals surface area contributed by atoms with Crippen molar-refractivity contribution in [3.63, 3.8) is 0 Å². The Hall–Kier alpha value is -2.72. The number of para-hydroxylation sites is 1. The molecule has 1 aromatic carbocycles. The fourth-order valence-electron chi connectivity index (χ4n) is 3.88. The van der Waals surface area contributed by atoms with Crippen LogP contribution in [0.1, 0.15) is 36.5 Å². The number of nitrogens with zero attached hydrogens (tertiary/aromatic N) is 5. The van der Waals surface area contributed by atoms with Gasteiger partial charge < -0.3 is 10.1 Å². The lowest BCUT2D eigenvalue weighted by Gasteiger charge is -2.13. The summed E-state index contributed by atoms with van der Waals surface area (Å²) in [6, 6.07) is 8.57. The quantitative estimate of drug-likeness (QED) is 0.456. The lowest BCUT2D eigenvalue weighted by Crippen LogP contribution is -2.27. The molecule has 1 atom stereocenters. The highest BCUT2D eigenvalue weighted by atomic mass is 32.2. The summed E-state index contributed by atoms with van der Waals surface area (Å²) in [4.78, 5) is 12.3. The van der Waals surface area contributed by atoms with Gasteiger partial charge >= 0.3 is 0 Å². The van der Waals surface area contributed by atoms with Crippen molar-refractivity contribution >= 4 is 17.7 Å². The molecule has 0 aliphatic carbocycles. The molecule has 33 heavy (non-hydrogen) atoms. The molecule has 3 aromatic rings. The van der Waals surface area contributed by atoms with Gasteiger partial charge in [0.15, 0.2) is 5.16 Å². The molecule has 1 fully saturated rings. The number of rotatable bonds is 10. The smallest absolute Gasteiger partial charge is 0.221 e. The van der Waals surface area contributed by atoms with Crippen LogP contribution in [-0.4, -0.2) is 55.5 Å². The van der Waals surface area contributed by atoms with Crippen molar-refractivity contribution in [2.75, 3.05) is 18.9 Å². The third-order valence-electron chi connectivity index (χ3n) is 5.54. The maximum atomic E-state index is 14.6. The first-order valence-corrected chi connectivity index (χ1v) is 12.2. The average molecular weight is 473 g/mol. The molecule has 4 rings (SSSR count). The largest absolute Gasteiger partial charge is 0.377 e. The normalized spacial score (nSPS) is 15.8. The third-order valence-corrected chi connectivity index (χ3v) is 6.60. The molecule has 0 spiro atoms. The van der Waals surface area contributed by atoms with Crippen molar-refractivity contribution in [2.45, 2.75) is 57.3 Å². The highest BCUT2D eigenvalue weighted by molar-refractivity contribution is 7.99. The number of aromatic nitrogens is 5. The molecule has 0 radical (unpaired) electrons. The van der Waals surface area contributed by atoms with Crippen LogP contribution >= 0.6 is 11.8 Å². The van der Waals surface area contributed by atoms with Gasteiger partial charge in [-0.25, -0.2) is 4.39 Å². The van der Waals surface area contributed by atoms with Crippen LogP contribution in [0.4, 0.5) is 4.39 Å². The Kier molecular flexibility index (Phi) is 7.77. The van der Waals surface area contributed by atoms with E-state index in [0.29, 0.717) is 42.6 Å². The number of nitrogens with one attached hydrogen (secondary N) is 1. The highest BCUT2D eigenvalue weighted by Crippen LogP contribution is 2.27. The Balaban J connectivity index is 1.38. The topological polar surface area (TPSA) is 86.9 Å². The van der Waals surface area contributed by atoms with Gasteiger partial charge in [-0.1, -0.05) is 23.9 Å². The van der Waals surface area contributed by atoms with E-state index in [0.717, 1.165) is 36.6 Å². The number of aryl methyl sites for hydroxylation is 3.